The number of methoxy groups -OCH3 is 2. The summed E-state index contributed by atoms with van der Waals surface area (Å²) in [5.74, 6) is 0.560. The van der Waals surface area contributed by atoms with Crippen LogP contribution in [0.3, 0.4) is 0 Å². The van der Waals surface area contributed by atoms with E-state index in [0.29, 0.717) is 23.5 Å². The molecule has 0 radical (unpaired) electrons. The predicted molar refractivity (Wildman–Crippen MR) is 113 cm³/mol. The predicted octanol–water partition coefficient (Wildman–Crippen LogP) is 3.99. The van der Waals surface area contributed by atoms with Crippen LogP contribution in [-0.4, -0.2) is 26.2 Å². The van der Waals surface area contributed by atoms with Crippen molar-refractivity contribution in [3.63, 3.8) is 0 Å². The average molecular weight is 423 g/mol. The number of nitrogens with one attached hydrogen (secondary N) is 1. The van der Waals surface area contributed by atoms with Crippen LogP contribution in [0.2, 0.25) is 0 Å². The molecule has 3 N–H and O–H groups in total. The smallest absolute Gasteiger partial charge is 0.223 e. The Hall–Kier alpha value is -2.31. The zero-order valence-electron chi connectivity index (χ0n) is 16.7. The number of nitrogens with two attached hydrogens (primary N) is 1. The molecule has 0 bridgehead atoms. The highest BCUT2D eigenvalue weighted by Gasteiger charge is 2.29. The van der Waals surface area contributed by atoms with Gasteiger partial charge in [-0.05, 0) is 55.2 Å². The number of ether oxygens (including phenoxy) is 2. The van der Waals surface area contributed by atoms with E-state index in [2.05, 4.69) is 5.32 Å². The molecule has 1 aliphatic carbocycles. The Labute approximate surface area is 177 Å². The van der Waals surface area contributed by atoms with Gasteiger partial charge in [0.2, 0.25) is 5.91 Å². The molecular formula is C22H28ClFN2O3. The summed E-state index contributed by atoms with van der Waals surface area (Å²) in [6, 6.07) is 11.2. The third-order valence-electron chi connectivity index (χ3n) is 5.30. The number of benzene rings is 2. The van der Waals surface area contributed by atoms with Gasteiger partial charge in [-0.1, -0.05) is 18.6 Å². The van der Waals surface area contributed by atoms with E-state index in [1.807, 2.05) is 24.3 Å². The van der Waals surface area contributed by atoms with E-state index in [4.69, 9.17) is 15.2 Å². The lowest BCUT2D eigenvalue weighted by atomic mass is 9.85. The number of amides is 1. The van der Waals surface area contributed by atoms with E-state index >= 15 is 0 Å². The molecule has 2 aromatic carbocycles. The molecule has 0 aromatic heterocycles. The molecule has 5 nitrogen and oxygen atoms in total. The maximum atomic E-state index is 14.0. The number of carbonyl (C=O) groups is 1. The van der Waals surface area contributed by atoms with Crippen LogP contribution >= 0.6 is 12.4 Å². The Morgan fingerprint density at radius 3 is 2.66 bits per heavy atom. The summed E-state index contributed by atoms with van der Waals surface area (Å²) in [7, 11) is 3.11. The van der Waals surface area contributed by atoms with Crippen molar-refractivity contribution in [1.29, 1.82) is 0 Å². The maximum absolute atomic E-state index is 14.0. The van der Waals surface area contributed by atoms with Crippen molar-refractivity contribution in [2.75, 3.05) is 14.2 Å². The molecule has 0 aliphatic heterocycles. The molecule has 3 atom stereocenters. The van der Waals surface area contributed by atoms with Crippen LogP contribution in [0.25, 0.3) is 0 Å². The van der Waals surface area contributed by atoms with Crippen LogP contribution in [-0.2, 0) is 4.79 Å². The molecule has 0 heterocycles. The van der Waals surface area contributed by atoms with Gasteiger partial charge in [-0.3, -0.25) is 4.79 Å². The average Bonchev–Trinajstić information content (AvgIpc) is 2.71. The summed E-state index contributed by atoms with van der Waals surface area (Å²) in [6.45, 7) is 0. The van der Waals surface area contributed by atoms with Gasteiger partial charge >= 0.3 is 0 Å². The van der Waals surface area contributed by atoms with Crippen LogP contribution < -0.4 is 20.5 Å². The zero-order chi connectivity index (χ0) is 20.1. The van der Waals surface area contributed by atoms with E-state index in [9.17, 15) is 9.18 Å². The van der Waals surface area contributed by atoms with E-state index in [-0.39, 0.29) is 30.3 Å². The SMILES string of the molecule is COc1cccc(C(NC(=O)C2CCCC(N)C2)c2cc(F)ccc2OC)c1.Cl. The fourth-order valence-corrected chi connectivity index (χ4v) is 3.82. The van der Waals surface area contributed by atoms with Crippen molar-refractivity contribution in [1.82, 2.24) is 5.32 Å². The largest absolute Gasteiger partial charge is 0.497 e. The Bertz CT molecular complexity index is 833. The minimum absolute atomic E-state index is 0. The molecule has 1 fully saturated rings. The molecule has 7 heteroatoms. The van der Waals surface area contributed by atoms with Crippen molar-refractivity contribution < 1.29 is 18.7 Å². The third-order valence-corrected chi connectivity index (χ3v) is 5.30. The van der Waals surface area contributed by atoms with Crippen LogP contribution in [0.5, 0.6) is 11.5 Å². The first-order valence-electron chi connectivity index (χ1n) is 9.55. The number of carbonyl (C=O) groups excluding carboxylic acids is 1. The minimum Gasteiger partial charge on any atom is -0.497 e. The Morgan fingerprint density at radius 2 is 1.97 bits per heavy atom. The second-order valence-electron chi connectivity index (χ2n) is 7.23. The second-order valence-corrected chi connectivity index (χ2v) is 7.23. The first-order chi connectivity index (χ1) is 13.5. The highest BCUT2D eigenvalue weighted by molar-refractivity contribution is 5.85. The Balaban J connectivity index is 0.00000300. The number of rotatable bonds is 6. The fourth-order valence-electron chi connectivity index (χ4n) is 3.82. The monoisotopic (exact) mass is 422 g/mol. The van der Waals surface area contributed by atoms with Crippen LogP contribution in [0.1, 0.15) is 42.9 Å². The van der Waals surface area contributed by atoms with Crippen molar-refractivity contribution in [2.24, 2.45) is 11.7 Å². The lowest BCUT2D eigenvalue weighted by Gasteiger charge is -2.29. The lowest BCUT2D eigenvalue weighted by molar-refractivity contribution is -0.126. The summed E-state index contributed by atoms with van der Waals surface area (Å²) < 4.78 is 24.8. The summed E-state index contributed by atoms with van der Waals surface area (Å²) in [5.41, 5.74) is 7.40. The lowest BCUT2D eigenvalue weighted by Crippen LogP contribution is -2.39. The molecule has 2 aromatic rings. The van der Waals surface area contributed by atoms with Crippen LogP contribution in [0, 0.1) is 11.7 Å². The molecule has 3 unspecified atom stereocenters. The fraction of sp³-hybridized carbons (Fsp3) is 0.409. The van der Waals surface area contributed by atoms with Gasteiger partial charge in [-0.25, -0.2) is 4.39 Å². The van der Waals surface area contributed by atoms with E-state index in [1.54, 1.807) is 13.2 Å². The van der Waals surface area contributed by atoms with Gasteiger partial charge in [-0.2, -0.15) is 0 Å². The number of halogens is 2. The highest BCUT2D eigenvalue weighted by Crippen LogP contribution is 2.33. The molecule has 1 amide bonds. The molecule has 29 heavy (non-hydrogen) atoms. The van der Waals surface area contributed by atoms with E-state index < -0.39 is 11.9 Å². The quantitative estimate of drug-likeness (QED) is 0.738. The van der Waals surface area contributed by atoms with Gasteiger partial charge in [0.05, 0.1) is 20.3 Å². The third kappa shape index (κ3) is 5.61. The summed E-state index contributed by atoms with van der Waals surface area (Å²) in [4.78, 5) is 13.0. The Morgan fingerprint density at radius 1 is 1.17 bits per heavy atom. The molecular weight excluding hydrogens is 395 g/mol. The summed E-state index contributed by atoms with van der Waals surface area (Å²) in [5, 5.41) is 3.10. The standard InChI is InChI=1S/C22H27FN2O3.ClH/c1-27-18-8-4-5-14(12-18)21(19-13-16(23)9-10-20(19)28-2)25-22(26)15-6-3-7-17(24)11-15;/h4-5,8-10,12-13,15,17,21H,3,6-7,11,24H2,1-2H3,(H,25,26);1H. The van der Waals surface area contributed by atoms with Crippen molar-refractivity contribution in [3.8, 4) is 11.5 Å². The van der Waals surface area contributed by atoms with Crippen molar-refractivity contribution >= 4 is 18.3 Å². The highest BCUT2D eigenvalue weighted by atomic mass is 35.5. The van der Waals surface area contributed by atoms with Gasteiger partial charge < -0.3 is 20.5 Å². The minimum atomic E-state index is -0.564. The van der Waals surface area contributed by atoms with Crippen LogP contribution in [0.15, 0.2) is 42.5 Å². The van der Waals surface area contributed by atoms with Gasteiger partial charge in [0, 0.05) is 17.5 Å². The summed E-state index contributed by atoms with van der Waals surface area (Å²) >= 11 is 0. The second kappa shape index (κ2) is 10.5. The first-order valence-corrected chi connectivity index (χ1v) is 9.55. The normalized spacial score (nSPS) is 19.6. The summed E-state index contributed by atoms with van der Waals surface area (Å²) in [6.07, 6.45) is 3.36. The topological polar surface area (TPSA) is 73.6 Å². The van der Waals surface area contributed by atoms with Gasteiger partial charge in [0.25, 0.3) is 0 Å². The Kier molecular flexibility index (Phi) is 8.29. The van der Waals surface area contributed by atoms with Crippen molar-refractivity contribution in [3.05, 3.63) is 59.4 Å². The number of hydrogen-bond donors (Lipinski definition) is 2. The molecule has 1 aliphatic rings. The molecule has 158 valence electrons. The molecule has 1 saturated carbocycles. The molecule has 3 rings (SSSR count). The van der Waals surface area contributed by atoms with Gasteiger partial charge in [0.15, 0.2) is 0 Å². The maximum Gasteiger partial charge on any atom is 0.223 e. The van der Waals surface area contributed by atoms with Gasteiger partial charge in [-0.15, -0.1) is 12.4 Å². The number of hydrogen-bond acceptors (Lipinski definition) is 4. The zero-order valence-corrected chi connectivity index (χ0v) is 17.5. The molecule has 0 saturated heterocycles. The van der Waals surface area contributed by atoms with Crippen molar-refractivity contribution in [2.45, 2.75) is 37.8 Å². The molecule has 0 spiro atoms. The van der Waals surface area contributed by atoms with Gasteiger partial charge in [0.1, 0.15) is 17.3 Å². The van der Waals surface area contributed by atoms with E-state index in [0.717, 1.165) is 24.8 Å². The van der Waals surface area contributed by atoms with Crippen LogP contribution in [0.4, 0.5) is 4.39 Å². The van der Waals surface area contributed by atoms with E-state index in [1.165, 1.54) is 19.2 Å². The first kappa shape index (κ1) is 23.0.